The van der Waals surface area contributed by atoms with Crippen molar-refractivity contribution in [2.45, 2.75) is 20.8 Å². The maximum absolute atomic E-state index is 12.7. The Morgan fingerprint density at radius 3 is 2.54 bits per heavy atom. The molecule has 1 heterocycles. The van der Waals surface area contributed by atoms with Gasteiger partial charge in [0.15, 0.2) is 5.69 Å². The number of rotatable bonds is 6. The van der Waals surface area contributed by atoms with Crippen LogP contribution in [0.25, 0.3) is 5.69 Å². The second-order valence-electron chi connectivity index (χ2n) is 7.19. The van der Waals surface area contributed by atoms with Crippen molar-refractivity contribution in [3.63, 3.8) is 0 Å². The van der Waals surface area contributed by atoms with Crippen LogP contribution in [0.5, 0.6) is 0 Å². The summed E-state index contributed by atoms with van der Waals surface area (Å²) in [5, 5.41) is 15.4. The van der Waals surface area contributed by atoms with Crippen LogP contribution in [0.2, 0.25) is 0 Å². The third kappa shape index (κ3) is 4.93. The predicted octanol–water partition coefficient (Wildman–Crippen LogP) is 1.93. The van der Waals surface area contributed by atoms with E-state index in [0.717, 1.165) is 0 Å². The Kier molecular flexibility index (Phi) is 7.43. The molecule has 0 fully saturated rings. The van der Waals surface area contributed by atoms with Gasteiger partial charge < -0.3 is 10.6 Å². The largest absolute Gasteiger partial charge is 0.340 e. The Morgan fingerprint density at radius 2 is 1.96 bits per heavy atom. The molecule has 9 nitrogen and oxygen atoms in total. The summed E-state index contributed by atoms with van der Waals surface area (Å²) in [5.74, 6) is -0.561. The van der Waals surface area contributed by atoms with Gasteiger partial charge in [0.05, 0.1) is 4.92 Å². The molecular formula is C18H24ClN5O4. The van der Waals surface area contributed by atoms with Gasteiger partial charge in [0, 0.05) is 31.4 Å². The molecule has 2 rings (SSSR count). The fourth-order valence-corrected chi connectivity index (χ4v) is 2.70. The highest BCUT2D eigenvalue weighted by Gasteiger charge is 2.26. The standard InChI is InChI=1S/C18H23N5O4.ClH/c1-12-9-15(24)16(17(25)21(4)11-18(2,3)10-19)20-22(12)13-7-5-6-8-14(13)23(26)27;/h5-9H,10-11,19H2,1-4H3;1H. The zero-order valence-electron chi connectivity index (χ0n) is 16.2. The van der Waals surface area contributed by atoms with Gasteiger partial charge in [-0.15, -0.1) is 12.4 Å². The number of hydrogen-bond donors (Lipinski definition) is 1. The molecule has 0 radical (unpaired) electrons. The fourth-order valence-electron chi connectivity index (χ4n) is 2.70. The monoisotopic (exact) mass is 409 g/mol. The summed E-state index contributed by atoms with van der Waals surface area (Å²) >= 11 is 0. The van der Waals surface area contributed by atoms with Gasteiger partial charge in [0.25, 0.3) is 11.6 Å². The van der Waals surface area contributed by atoms with Crippen molar-refractivity contribution in [2.24, 2.45) is 11.1 Å². The molecule has 2 N–H and O–H groups in total. The lowest BCUT2D eigenvalue weighted by Gasteiger charge is -2.28. The van der Waals surface area contributed by atoms with Crippen molar-refractivity contribution in [1.29, 1.82) is 0 Å². The Bertz CT molecular complexity index is 942. The van der Waals surface area contributed by atoms with Gasteiger partial charge in [-0.2, -0.15) is 5.10 Å². The summed E-state index contributed by atoms with van der Waals surface area (Å²) in [6, 6.07) is 7.26. The topological polar surface area (TPSA) is 124 Å². The van der Waals surface area contributed by atoms with Gasteiger partial charge in [0.2, 0.25) is 5.43 Å². The minimum Gasteiger partial charge on any atom is -0.340 e. The summed E-state index contributed by atoms with van der Waals surface area (Å²) in [5.41, 5.74) is 4.93. The maximum atomic E-state index is 12.7. The Balaban J connectivity index is 0.00000392. The SMILES string of the molecule is Cc1cc(=O)c(C(=O)N(C)CC(C)(C)CN)nn1-c1ccccc1[N+](=O)[O-].Cl. The number of para-hydroxylation sites is 2. The molecule has 1 aromatic carbocycles. The fraction of sp³-hybridized carbons (Fsp3) is 0.389. The molecule has 0 aliphatic rings. The number of carbonyl (C=O) groups is 1. The first kappa shape index (κ1) is 23.3. The van der Waals surface area contributed by atoms with Crippen LogP contribution in [-0.2, 0) is 0 Å². The molecule has 0 saturated heterocycles. The smallest absolute Gasteiger partial charge is 0.294 e. The quantitative estimate of drug-likeness (QED) is 0.574. The van der Waals surface area contributed by atoms with E-state index in [-0.39, 0.29) is 34.9 Å². The molecule has 1 amide bonds. The van der Waals surface area contributed by atoms with E-state index in [0.29, 0.717) is 18.8 Å². The van der Waals surface area contributed by atoms with E-state index in [1.54, 1.807) is 20.0 Å². The number of nitrogens with two attached hydrogens (primary N) is 1. The van der Waals surface area contributed by atoms with Gasteiger partial charge in [-0.1, -0.05) is 26.0 Å². The van der Waals surface area contributed by atoms with E-state index in [4.69, 9.17) is 5.73 Å². The van der Waals surface area contributed by atoms with Crippen LogP contribution >= 0.6 is 12.4 Å². The molecule has 152 valence electrons. The summed E-state index contributed by atoms with van der Waals surface area (Å²) in [6.07, 6.45) is 0. The van der Waals surface area contributed by atoms with Crippen LogP contribution in [0.3, 0.4) is 0 Å². The highest BCUT2D eigenvalue weighted by atomic mass is 35.5. The van der Waals surface area contributed by atoms with Crippen LogP contribution in [0, 0.1) is 22.5 Å². The number of hydrogen-bond acceptors (Lipinski definition) is 6. The van der Waals surface area contributed by atoms with E-state index in [1.165, 1.54) is 33.8 Å². The van der Waals surface area contributed by atoms with E-state index < -0.39 is 16.3 Å². The molecule has 10 heteroatoms. The number of benzene rings is 1. The number of amides is 1. The van der Waals surface area contributed by atoms with Crippen LogP contribution in [0.4, 0.5) is 5.69 Å². The minimum absolute atomic E-state index is 0. The molecular weight excluding hydrogens is 386 g/mol. The average molecular weight is 410 g/mol. The lowest BCUT2D eigenvalue weighted by atomic mass is 9.93. The average Bonchev–Trinajstić information content (AvgIpc) is 2.61. The first-order valence-corrected chi connectivity index (χ1v) is 8.37. The number of nitrogens with zero attached hydrogens (tertiary/aromatic N) is 4. The Hall–Kier alpha value is -2.78. The summed E-state index contributed by atoms with van der Waals surface area (Å²) in [6.45, 7) is 6.12. The maximum Gasteiger partial charge on any atom is 0.294 e. The van der Waals surface area contributed by atoms with Crippen molar-refractivity contribution in [1.82, 2.24) is 14.7 Å². The van der Waals surface area contributed by atoms with Crippen molar-refractivity contribution in [3.8, 4) is 5.69 Å². The molecule has 0 atom stereocenters. The number of aryl methyl sites for hydroxylation is 1. The first-order chi connectivity index (χ1) is 12.6. The summed E-state index contributed by atoms with van der Waals surface area (Å²) in [7, 11) is 1.57. The second-order valence-corrected chi connectivity index (χ2v) is 7.19. The van der Waals surface area contributed by atoms with Gasteiger partial charge >= 0.3 is 0 Å². The molecule has 0 saturated carbocycles. The van der Waals surface area contributed by atoms with E-state index in [1.807, 2.05) is 13.8 Å². The molecule has 0 unspecified atom stereocenters. The van der Waals surface area contributed by atoms with Gasteiger partial charge in [-0.25, -0.2) is 4.68 Å². The molecule has 0 spiro atoms. The Labute approximate surface area is 168 Å². The highest BCUT2D eigenvalue weighted by Crippen LogP contribution is 2.22. The zero-order valence-corrected chi connectivity index (χ0v) is 17.0. The van der Waals surface area contributed by atoms with E-state index in [2.05, 4.69) is 5.10 Å². The van der Waals surface area contributed by atoms with Gasteiger partial charge in [-0.05, 0) is 24.9 Å². The molecule has 2 aromatic rings. The number of halogens is 1. The second kappa shape index (κ2) is 8.94. The number of nitro groups is 1. The lowest BCUT2D eigenvalue weighted by Crippen LogP contribution is -2.41. The lowest BCUT2D eigenvalue weighted by molar-refractivity contribution is -0.384. The van der Waals surface area contributed by atoms with Crippen molar-refractivity contribution in [2.75, 3.05) is 20.1 Å². The zero-order chi connectivity index (χ0) is 20.4. The molecule has 1 aromatic heterocycles. The summed E-state index contributed by atoms with van der Waals surface area (Å²) < 4.78 is 1.24. The normalized spacial score (nSPS) is 10.9. The van der Waals surface area contributed by atoms with Crippen LogP contribution in [-0.4, -0.2) is 45.6 Å². The first-order valence-electron chi connectivity index (χ1n) is 8.37. The molecule has 28 heavy (non-hydrogen) atoms. The Morgan fingerprint density at radius 1 is 1.36 bits per heavy atom. The number of carbonyl (C=O) groups excluding carboxylic acids is 1. The minimum atomic E-state index is -0.561. The molecule has 0 bridgehead atoms. The van der Waals surface area contributed by atoms with Crippen molar-refractivity contribution < 1.29 is 9.72 Å². The number of aromatic nitrogens is 2. The van der Waals surface area contributed by atoms with Crippen molar-refractivity contribution >= 4 is 24.0 Å². The predicted molar refractivity (Wildman–Crippen MR) is 108 cm³/mol. The summed E-state index contributed by atoms with van der Waals surface area (Å²) in [4.78, 5) is 37.2. The van der Waals surface area contributed by atoms with Gasteiger partial charge in [0.1, 0.15) is 5.69 Å². The van der Waals surface area contributed by atoms with Crippen molar-refractivity contribution in [3.05, 3.63) is 62.1 Å². The van der Waals surface area contributed by atoms with Gasteiger partial charge in [-0.3, -0.25) is 19.7 Å². The molecule has 0 aliphatic heterocycles. The van der Waals surface area contributed by atoms with E-state index >= 15 is 0 Å². The van der Waals surface area contributed by atoms with Crippen LogP contribution in [0.15, 0.2) is 35.1 Å². The number of nitro benzene ring substituents is 1. The third-order valence-corrected chi connectivity index (χ3v) is 4.18. The third-order valence-electron chi connectivity index (χ3n) is 4.18. The van der Waals surface area contributed by atoms with Crippen LogP contribution < -0.4 is 11.2 Å². The molecule has 0 aliphatic carbocycles. The van der Waals surface area contributed by atoms with Crippen LogP contribution in [0.1, 0.15) is 30.0 Å². The van der Waals surface area contributed by atoms with E-state index in [9.17, 15) is 19.7 Å². The highest BCUT2D eigenvalue weighted by molar-refractivity contribution is 5.92.